The van der Waals surface area contributed by atoms with Crippen molar-refractivity contribution < 1.29 is 19.1 Å². The van der Waals surface area contributed by atoms with Crippen LogP contribution in [0.25, 0.3) is 0 Å². The summed E-state index contributed by atoms with van der Waals surface area (Å²) in [6, 6.07) is 11.2. The van der Waals surface area contributed by atoms with E-state index in [1.165, 1.54) is 6.42 Å². The Balaban J connectivity index is 2.56. The minimum Gasteiger partial charge on any atom is -0.444 e. The van der Waals surface area contributed by atoms with Gasteiger partial charge >= 0.3 is 6.09 Å². The zero-order valence-electron chi connectivity index (χ0n) is 27.6. The van der Waals surface area contributed by atoms with Gasteiger partial charge in [0.2, 0.25) is 5.91 Å². The molecule has 0 radical (unpaired) electrons. The number of terminal acetylenes is 1. The van der Waals surface area contributed by atoms with Crippen LogP contribution in [-0.2, 0) is 14.3 Å². The molecule has 2 N–H and O–H groups in total. The maximum atomic E-state index is 14.5. The first-order chi connectivity index (χ1) is 20.9. The number of rotatable bonds is 16. The van der Waals surface area contributed by atoms with Crippen LogP contribution < -0.4 is 10.6 Å². The van der Waals surface area contributed by atoms with Gasteiger partial charge in [0.25, 0.3) is 5.91 Å². The van der Waals surface area contributed by atoms with Gasteiger partial charge in [0.1, 0.15) is 17.7 Å². The molecule has 0 aliphatic carbocycles. The zero-order chi connectivity index (χ0) is 32.7. The van der Waals surface area contributed by atoms with Crippen LogP contribution in [0.3, 0.4) is 0 Å². The summed E-state index contributed by atoms with van der Waals surface area (Å²) in [5.74, 6) is 2.63. The fraction of sp³-hybridized carbons (Fsp3) is 0.528. The summed E-state index contributed by atoms with van der Waals surface area (Å²) >= 11 is 1.59. The van der Waals surface area contributed by atoms with Gasteiger partial charge in [-0.05, 0) is 88.3 Å². The van der Waals surface area contributed by atoms with Gasteiger partial charge in [0, 0.05) is 17.8 Å². The molecule has 0 heterocycles. The third-order valence-corrected chi connectivity index (χ3v) is 7.96. The van der Waals surface area contributed by atoms with Gasteiger partial charge in [-0.1, -0.05) is 75.3 Å². The Kier molecular flexibility index (Phi) is 15.4. The van der Waals surface area contributed by atoms with Crippen molar-refractivity contribution in [2.45, 2.75) is 104 Å². The number of hydrogen-bond donors (Lipinski definition) is 2. The van der Waals surface area contributed by atoms with Gasteiger partial charge < -0.3 is 20.3 Å². The van der Waals surface area contributed by atoms with Crippen LogP contribution in [0, 0.1) is 26.2 Å². The van der Waals surface area contributed by atoms with Crippen LogP contribution in [0.1, 0.15) is 101 Å². The molecule has 2 aromatic rings. The average molecular weight is 622 g/mol. The van der Waals surface area contributed by atoms with Gasteiger partial charge in [0.05, 0.1) is 0 Å². The molecule has 0 saturated heterocycles. The lowest BCUT2D eigenvalue weighted by Crippen LogP contribution is -2.52. The number of aryl methyl sites for hydroxylation is 2. The quantitative estimate of drug-likeness (QED) is 0.148. The molecule has 2 unspecified atom stereocenters. The lowest BCUT2D eigenvalue weighted by atomic mass is 9.99. The van der Waals surface area contributed by atoms with Crippen LogP contribution in [0.2, 0.25) is 0 Å². The third-order valence-electron chi connectivity index (χ3n) is 7.32. The SMILES string of the molecule is C#Cc1ccc(C(C(=O)Nc2c(C)cccc2C)N(CCCCCCCC)C(=O)C(CCSC)NC(=O)OC(C)(C)C)cc1. The highest BCUT2D eigenvalue weighted by Crippen LogP contribution is 2.28. The van der Waals surface area contributed by atoms with Crippen LogP contribution in [0.4, 0.5) is 10.5 Å². The minimum atomic E-state index is -0.943. The normalized spacial score (nSPS) is 12.5. The lowest BCUT2D eigenvalue weighted by molar-refractivity contribution is -0.141. The van der Waals surface area contributed by atoms with Crippen molar-refractivity contribution in [3.63, 3.8) is 0 Å². The van der Waals surface area contributed by atoms with Crippen molar-refractivity contribution >= 4 is 35.4 Å². The van der Waals surface area contributed by atoms with Gasteiger partial charge in [-0.3, -0.25) is 9.59 Å². The first kappa shape index (κ1) is 36.8. The number of benzene rings is 2. The number of thioether (sulfide) groups is 1. The Labute approximate surface area is 269 Å². The maximum Gasteiger partial charge on any atom is 0.408 e. The standard InChI is InChI=1S/C36H51N3O4S/c1-9-11-12-13-14-15-24-39(34(41)30(23-25-44-8)37-35(42)43-36(5,6)7)32(29-21-19-28(10-2)20-22-29)33(40)38-31-26(3)17-16-18-27(31)4/h2,16-22,30,32H,9,11-15,23-25H2,1,3-8H3,(H,37,42)(H,38,40). The highest BCUT2D eigenvalue weighted by Gasteiger charge is 2.36. The summed E-state index contributed by atoms with van der Waals surface area (Å²) in [6.45, 7) is 11.8. The molecular weight excluding hydrogens is 570 g/mol. The van der Waals surface area contributed by atoms with E-state index in [2.05, 4.69) is 23.5 Å². The first-order valence-electron chi connectivity index (χ1n) is 15.6. The summed E-state index contributed by atoms with van der Waals surface area (Å²) in [6.07, 6.45) is 13.5. The van der Waals surface area contributed by atoms with Crippen molar-refractivity contribution in [2.24, 2.45) is 0 Å². The van der Waals surface area contributed by atoms with Crippen molar-refractivity contribution in [3.8, 4) is 12.3 Å². The fourth-order valence-corrected chi connectivity index (χ4v) is 5.48. The van der Waals surface area contributed by atoms with Crippen molar-refractivity contribution in [2.75, 3.05) is 23.9 Å². The molecule has 0 fully saturated rings. The molecule has 2 aromatic carbocycles. The number of alkyl carbamates (subject to hydrolysis) is 1. The van der Waals surface area contributed by atoms with Crippen molar-refractivity contribution in [1.29, 1.82) is 0 Å². The number of para-hydroxylation sites is 1. The summed E-state index contributed by atoms with van der Waals surface area (Å²) in [5.41, 5.74) is 3.19. The number of nitrogens with zero attached hydrogens (tertiary/aromatic N) is 1. The van der Waals surface area contributed by atoms with E-state index in [0.29, 0.717) is 29.8 Å². The second kappa shape index (κ2) is 18.4. The van der Waals surface area contributed by atoms with Gasteiger partial charge in [0.15, 0.2) is 0 Å². The Hall–Kier alpha value is -3.44. The molecule has 2 atom stereocenters. The van der Waals surface area contributed by atoms with E-state index >= 15 is 0 Å². The fourth-order valence-electron chi connectivity index (χ4n) is 5.01. The summed E-state index contributed by atoms with van der Waals surface area (Å²) in [5, 5.41) is 5.94. The van der Waals surface area contributed by atoms with Gasteiger partial charge in [-0.25, -0.2) is 4.79 Å². The molecule has 0 aliphatic rings. The molecule has 3 amide bonds. The molecule has 8 heteroatoms. The van der Waals surface area contributed by atoms with Gasteiger partial charge in [-0.2, -0.15) is 11.8 Å². The Bertz CT molecular complexity index is 1240. The van der Waals surface area contributed by atoms with Gasteiger partial charge in [-0.15, -0.1) is 6.42 Å². The summed E-state index contributed by atoms with van der Waals surface area (Å²) < 4.78 is 5.51. The molecule has 240 valence electrons. The van der Waals surface area contributed by atoms with Crippen LogP contribution >= 0.6 is 11.8 Å². The second-order valence-corrected chi connectivity index (χ2v) is 13.2. The van der Waals surface area contributed by atoms with E-state index in [0.717, 1.165) is 48.9 Å². The molecule has 0 aromatic heterocycles. The zero-order valence-corrected chi connectivity index (χ0v) is 28.4. The molecule has 7 nitrogen and oxygen atoms in total. The number of nitrogens with one attached hydrogen (secondary N) is 2. The predicted molar refractivity (Wildman–Crippen MR) is 183 cm³/mol. The summed E-state index contributed by atoms with van der Waals surface area (Å²) in [7, 11) is 0. The Morgan fingerprint density at radius 2 is 1.59 bits per heavy atom. The molecule has 44 heavy (non-hydrogen) atoms. The molecule has 2 rings (SSSR count). The number of carbonyl (C=O) groups is 3. The van der Waals surface area contributed by atoms with E-state index in [1.807, 2.05) is 50.4 Å². The topological polar surface area (TPSA) is 87.7 Å². The molecule has 0 saturated carbocycles. The number of hydrogen-bond acceptors (Lipinski definition) is 5. The van der Waals surface area contributed by atoms with E-state index in [4.69, 9.17) is 11.2 Å². The van der Waals surface area contributed by atoms with Crippen LogP contribution in [0.15, 0.2) is 42.5 Å². The average Bonchev–Trinajstić information content (AvgIpc) is 2.97. The number of unbranched alkanes of at least 4 members (excludes halogenated alkanes) is 5. The largest absolute Gasteiger partial charge is 0.444 e. The molecule has 0 aliphatic heterocycles. The number of ether oxygens (including phenoxy) is 1. The summed E-state index contributed by atoms with van der Waals surface area (Å²) in [4.78, 5) is 43.3. The first-order valence-corrected chi connectivity index (χ1v) is 17.0. The van der Waals surface area contributed by atoms with Crippen LogP contribution in [0.5, 0.6) is 0 Å². The van der Waals surface area contributed by atoms with E-state index in [1.54, 1.807) is 49.6 Å². The number of anilines is 1. The third kappa shape index (κ3) is 11.9. The number of carbonyl (C=O) groups excluding carboxylic acids is 3. The Morgan fingerprint density at radius 1 is 0.977 bits per heavy atom. The predicted octanol–water partition coefficient (Wildman–Crippen LogP) is 7.80. The maximum absolute atomic E-state index is 14.5. The Morgan fingerprint density at radius 3 is 2.16 bits per heavy atom. The molecule has 0 spiro atoms. The second-order valence-electron chi connectivity index (χ2n) is 12.2. The van der Waals surface area contributed by atoms with Crippen molar-refractivity contribution in [3.05, 3.63) is 64.7 Å². The van der Waals surface area contributed by atoms with E-state index < -0.39 is 23.8 Å². The highest BCUT2D eigenvalue weighted by atomic mass is 32.2. The number of amides is 3. The smallest absolute Gasteiger partial charge is 0.408 e. The van der Waals surface area contributed by atoms with Crippen LogP contribution in [-0.4, -0.2) is 53.0 Å². The van der Waals surface area contributed by atoms with E-state index in [9.17, 15) is 14.4 Å². The molecule has 0 bridgehead atoms. The monoisotopic (exact) mass is 621 g/mol. The van der Waals surface area contributed by atoms with E-state index in [-0.39, 0.29) is 11.8 Å². The molecular formula is C36H51N3O4S. The lowest BCUT2D eigenvalue weighted by Gasteiger charge is -2.35. The minimum absolute atomic E-state index is 0.318. The highest BCUT2D eigenvalue weighted by molar-refractivity contribution is 7.98. The van der Waals surface area contributed by atoms with Crippen molar-refractivity contribution in [1.82, 2.24) is 10.2 Å².